The molecule has 0 aromatic heterocycles. The van der Waals surface area contributed by atoms with Crippen molar-refractivity contribution < 1.29 is 9.47 Å². The molecule has 3 unspecified atom stereocenters. The molecule has 0 heterocycles. The average molecular weight is 283 g/mol. The minimum absolute atomic E-state index is 0.268. The van der Waals surface area contributed by atoms with Crippen molar-refractivity contribution in [3.63, 3.8) is 0 Å². The molecule has 3 heteroatoms. The molecular formula is C17H33NO2. The molecule has 2 rings (SSSR count). The van der Waals surface area contributed by atoms with E-state index >= 15 is 0 Å². The molecule has 2 aliphatic carbocycles. The van der Waals surface area contributed by atoms with Crippen molar-refractivity contribution in [1.29, 1.82) is 0 Å². The van der Waals surface area contributed by atoms with E-state index in [-0.39, 0.29) is 6.10 Å². The Hall–Kier alpha value is -0.120. The molecule has 0 saturated heterocycles. The standard InChI is InChI=1S/C17H33NO2/c1-5-11-19-16-14(18-6-2)12-15(16)20-13-7-9-17(3,4)10-8-13/h13-16,18H,5-12H2,1-4H3. The highest BCUT2D eigenvalue weighted by Gasteiger charge is 2.44. The van der Waals surface area contributed by atoms with Crippen LogP contribution in [0.3, 0.4) is 0 Å². The molecule has 1 N–H and O–H groups in total. The van der Waals surface area contributed by atoms with E-state index in [1.54, 1.807) is 0 Å². The second-order valence-corrected chi connectivity index (χ2v) is 7.27. The van der Waals surface area contributed by atoms with Crippen LogP contribution in [0.5, 0.6) is 0 Å². The third-order valence-electron chi connectivity index (χ3n) is 4.88. The molecular weight excluding hydrogens is 250 g/mol. The molecule has 0 aromatic carbocycles. The van der Waals surface area contributed by atoms with Crippen LogP contribution in [-0.2, 0) is 9.47 Å². The minimum Gasteiger partial charge on any atom is -0.374 e. The van der Waals surface area contributed by atoms with E-state index in [0.717, 1.165) is 26.0 Å². The maximum absolute atomic E-state index is 6.34. The fourth-order valence-corrected chi connectivity index (χ4v) is 3.41. The first-order valence-corrected chi connectivity index (χ1v) is 8.56. The van der Waals surface area contributed by atoms with Gasteiger partial charge in [0, 0.05) is 12.6 Å². The lowest BCUT2D eigenvalue weighted by atomic mass is 9.76. The van der Waals surface area contributed by atoms with E-state index in [9.17, 15) is 0 Å². The van der Waals surface area contributed by atoms with Crippen LogP contribution in [0.15, 0.2) is 0 Å². The second-order valence-electron chi connectivity index (χ2n) is 7.27. The van der Waals surface area contributed by atoms with Crippen LogP contribution in [0, 0.1) is 5.41 Å². The second kappa shape index (κ2) is 7.24. The van der Waals surface area contributed by atoms with Crippen molar-refractivity contribution in [2.75, 3.05) is 13.2 Å². The van der Waals surface area contributed by atoms with E-state index < -0.39 is 0 Å². The third-order valence-corrected chi connectivity index (χ3v) is 4.88. The largest absolute Gasteiger partial charge is 0.374 e. The van der Waals surface area contributed by atoms with E-state index in [2.05, 4.69) is 33.0 Å². The number of rotatable bonds is 7. The summed E-state index contributed by atoms with van der Waals surface area (Å²) in [4.78, 5) is 0. The van der Waals surface area contributed by atoms with Crippen molar-refractivity contribution in [2.24, 2.45) is 5.41 Å². The summed E-state index contributed by atoms with van der Waals surface area (Å²) in [6.07, 6.45) is 8.27. The highest BCUT2D eigenvalue weighted by atomic mass is 16.6. The fourth-order valence-electron chi connectivity index (χ4n) is 3.41. The molecule has 0 amide bonds. The highest BCUT2D eigenvalue weighted by molar-refractivity contribution is 4.98. The van der Waals surface area contributed by atoms with Crippen LogP contribution in [0.4, 0.5) is 0 Å². The van der Waals surface area contributed by atoms with Gasteiger partial charge in [-0.25, -0.2) is 0 Å². The molecule has 0 bridgehead atoms. The Morgan fingerprint density at radius 3 is 2.45 bits per heavy atom. The molecule has 0 spiro atoms. The Labute approximate surface area is 124 Å². The number of ether oxygens (including phenoxy) is 2. The van der Waals surface area contributed by atoms with Crippen molar-refractivity contribution in [3.8, 4) is 0 Å². The van der Waals surface area contributed by atoms with Crippen LogP contribution in [0.25, 0.3) is 0 Å². The molecule has 3 atom stereocenters. The lowest BCUT2D eigenvalue weighted by Crippen LogP contribution is -2.61. The maximum Gasteiger partial charge on any atom is 0.0990 e. The number of hydrogen-bond donors (Lipinski definition) is 1. The zero-order valence-electron chi connectivity index (χ0n) is 13.8. The number of likely N-dealkylation sites (N-methyl/N-ethyl adjacent to an activating group) is 1. The normalized spacial score (nSPS) is 33.9. The van der Waals surface area contributed by atoms with Crippen LogP contribution >= 0.6 is 0 Å². The van der Waals surface area contributed by atoms with Crippen LogP contribution < -0.4 is 5.32 Å². The molecule has 2 saturated carbocycles. The third kappa shape index (κ3) is 4.19. The predicted octanol–water partition coefficient (Wildman–Crippen LogP) is 3.52. The Kier molecular flexibility index (Phi) is 5.88. The van der Waals surface area contributed by atoms with Gasteiger partial charge in [-0.3, -0.25) is 0 Å². The first-order chi connectivity index (χ1) is 9.55. The van der Waals surface area contributed by atoms with Gasteiger partial charge in [-0.15, -0.1) is 0 Å². The number of nitrogens with one attached hydrogen (secondary N) is 1. The quantitative estimate of drug-likeness (QED) is 0.775. The van der Waals surface area contributed by atoms with Gasteiger partial charge in [-0.1, -0.05) is 27.7 Å². The summed E-state index contributed by atoms with van der Waals surface area (Å²) in [6, 6.07) is 0.497. The molecule has 0 aromatic rings. The van der Waals surface area contributed by atoms with E-state index in [1.807, 2.05) is 0 Å². The first kappa shape index (κ1) is 16.3. The average Bonchev–Trinajstić information content (AvgIpc) is 2.40. The summed E-state index contributed by atoms with van der Waals surface area (Å²) >= 11 is 0. The molecule has 2 aliphatic rings. The van der Waals surface area contributed by atoms with Crippen molar-refractivity contribution in [3.05, 3.63) is 0 Å². The van der Waals surface area contributed by atoms with Gasteiger partial charge in [0.25, 0.3) is 0 Å². The van der Waals surface area contributed by atoms with E-state index in [4.69, 9.17) is 9.47 Å². The highest BCUT2D eigenvalue weighted by Crippen LogP contribution is 2.38. The first-order valence-electron chi connectivity index (χ1n) is 8.56. The monoisotopic (exact) mass is 283 g/mol. The van der Waals surface area contributed by atoms with Crippen LogP contribution in [0.2, 0.25) is 0 Å². The van der Waals surface area contributed by atoms with Crippen molar-refractivity contribution >= 4 is 0 Å². The fraction of sp³-hybridized carbons (Fsp3) is 1.00. The molecule has 20 heavy (non-hydrogen) atoms. The summed E-state index contributed by atoms with van der Waals surface area (Å²) in [7, 11) is 0. The Bertz CT molecular complexity index is 283. The van der Waals surface area contributed by atoms with E-state index in [0.29, 0.717) is 23.7 Å². The molecule has 118 valence electrons. The van der Waals surface area contributed by atoms with Gasteiger partial charge in [-0.05, 0) is 50.5 Å². The van der Waals surface area contributed by atoms with Gasteiger partial charge in [0.1, 0.15) is 0 Å². The van der Waals surface area contributed by atoms with Gasteiger partial charge >= 0.3 is 0 Å². The maximum atomic E-state index is 6.34. The Morgan fingerprint density at radius 2 is 1.85 bits per heavy atom. The summed E-state index contributed by atoms with van der Waals surface area (Å²) in [6.45, 7) is 10.9. The molecule has 0 aliphatic heterocycles. The van der Waals surface area contributed by atoms with Gasteiger partial charge in [0.2, 0.25) is 0 Å². The van der Waals surface area contributed by atoms with Crippen LogP contribution in [0.1, 0.15) is 66.2 Å². The smallest absolute Gasteiger partial charge is 0.0990 e. The van der Waals surface area contributed by atoms with E-state index in [1.165, 1.54) is 25.7 Å². The van der Waals surface area contributed by atoms with Crippen LogP contribution in [-0.4, -0.2) is 37.5 Å². The Morgan fingerprint density at radius 1 is 1.15 bits per heavy atom. The van der Waals surface area contributed by atoms with Gasteiger partial charge in [0.05, 0.1) is 18.3 Å². The summed E-state index contributed by atoms with van der Waals surface area (Å²) in [5.41, 5.74) is 0.518. The minimum atomic E-state index is 0.268. The van der Waals surface area contributed by atoms with Gasteiger partial charge < -0.3 is 14.8 Å². The summed E-state index contributed by atoms with van der Waals surface area (Å²) in [5, 5.41) is 3.52. The SMILES string of the molecule is CCCOC1C(NCC)CC1OC1CCC(C)(C)CC1. The van der Waals surface area contributed by atoms with Crippen molar-refractivity contribution in [2.45, 2.75) is 90.6 Å². The lowest BCUT2D eigenvalue weighted by molar-refractivity contribution is -0.175. The molecule has 2 fully saturated rings. The Balaban J connectivity index is 1.77. The van der Waals surface area contributed by atoms with Crippen molar-refractivity contribution in [1.82, 2.24) is 5.32 Å². The zero-order valence-corrected chi connectivity index (χ0v) is 13.8. The topological polar surface area (TPSA) is 30.5 Å². The molecule has 3 nitrogen and oxygen atoms in total. The summed E-state index contributed by atoms with van der Waals surface area (Å²) in [5.74, 6) is 0. The van der Waals surface area contributed by atoms with Gasteiger partial charge in [0.15, 0.2) is 0 Å². The molecule has 0 radical (unpaired) electrons. The zero-order chi connectivity index (χ0) is 14.6. The lowest BCUT2D eigenvalue weighted by Gasteiger charge is -2.47. The summed E-state index contributed by atoms with van der Waals surface area (Å²) < 4.78 is 12.3. The van der Waals surface area contributed by atoms with Gasteiger partial charge in [-0.2, -0.15) is 0 Å². The predicted molar refractivity (Wildman–Crippen MR) is 83.0 cm³/mol. The number of hydrogen-bond acceptors (Lipinski definition) is 3.